The summed E-state index contributed by atoms with van der Waals surface area (Å²) >= 11 is 0. The fraction of sp³-hybridized carbons (Fsp3) is 0.167. The van der Waals surface area contributed by atoms with Gasteiger partial charge >= 0.3 is 6.18 Å². The molecule has 1 heterocycles. The Labute approximate surface area is 61.1 Å². The molecule has 0 saturated heterocycles. The third-order valence-corrected chi connectivity index (χ3v) is 1.04. The average molecular weight is 162 g/mol. The number of nitrogens with zero attached hydrogens (tertiary/aromatic N) is 1. The minimum Gasteiger partial charge on any atom is -0.347 e. The highest BCUT2D eigenvalue weighted by Gasteiger charge is 2.34. The molecule has 2 nitrogen and oxygen atoms in total. The number of halogens is 3. The summed E-state index contributed by atoms with van der Waals surface area (Å²) in [4.78, 5) is 3.15. The van der Waals surface area contributed by atoms with Gasteiger partial charge in [0, 0.05) is 6.20 Å². The fourth-order valence-corrected chi connectivity index (χ4v) is 0.590. The van der Waals surface area contributed by atoms with Gasteiger partial charge in [0.15, 0.2) is 0 Å². The maximum absolute atomic E-state index is 11.9. The number of alkyl halides is 3. The second-order valence-corrected chi connectivity index (χ2v) is 1.92. The van der Waals surface area contributed by atoms with Crippen molar-refractivity contribution in [2.75, 3.05) is 0 Å². The van der Waals surface area contributed by atoms with Crippen LogP contribution in [0.25, 0.3) is 0 Å². The first-order valence-electron chi connectivity index (χ1n) is 2.78. The van der Waals surface area contributed by atoms with E-state index in [1.54, 1.807) is 0 Å². The van der Waals surface area contributed by atoms with Crippen molar-refractivity contribution in [1.29, 1.82) is 0 Å². The molecule has 0 aliphatic carbocycles. The molecular weight excluding hydrogens is 157 g/mol. The number of nitrogens with one attached hydrogen (secondary N) is 1. The lowest BCUT2D eigenvalue weighted by Crippen LogP contribution is -2.25. The van der Waals surface area contributed by atoms with Gasteiger partial charge in [-0.1, -0.05) is 6.58 Å². The van der Waals surface area contributed by atoms with Crippen LogP contribution in [0, 0.1) is 0 Å². The molecule has 0 fully saturated rings. The molecule has 0 aromatic heterocycles. The average Bonchev–Trinajstić information content (AvgIpc) is 1.86. The first kappa shape index (κ1) is 7.84. The molecule has 1 aliphatic rings. The van der Waals surface area contributed by atoms with E-state index in [0.717, 1.165) is 12.3 Å². The van der Waals surface area contributed by atoms with Crippen molar-refractivity contribution in [1.82, 2.24) is 5.32 Å². The van der Waals surface area contributed by atoms with E-state index in [0.29, 0.717) is 0 Å². The van der Waals surface area contributed by atoms with Crippen molar-refractivity contribution in [3.05, 3.63) is 24.7 Å². The van der Waals surface area contributed by atoms with Crippen molar-refractivity contribution in [3.63, 3.8) is 0 Å². The number of hydrogen-bond donors (Lipinski definition) is 1. The van der Waals surface area contributed by atoms with E-state index >= 15 is 0 Å². The Hall–Kier alpha value is -1.26. The van der Waals surface area contributed by atoms with Crippen molar-refractivity contribution in [2.24, 2.45) is 4.99 Å². The zero-order valence-electron chi connectivity index (χ0n) is 5.44. The molecule has 60 valence electrons. The zero-order chi connectivity index (χ0) is 8.48. The Morgan fingerprint density at radius 2 is 2.09 bits per heavy atom. The van der Waals surface area contributed by atoms with Gasteiger partial charge in [-0.25, -0.2) is 4.99 Å². The fourth-order valence-electron chi connectivity index (χ4n) is 0.590. The van der Waals surface area contributed by atoms with E-state index in [4.69, 9.17) is 0 Å². The molecule has 1 aliphatic heterocycles. The molecule has 0 spiro atoms. The predicted molar refractivity (Wildman–Crippen MR) is 34.9 cm³/mol. The van der Waals surface area contributed by atoms with Crippen molar-refractivity contribution in [3.8, 4) is 0 Å². The molecule has 0 aromatic rings. The van der Waals surface area contributed by atoms with Crippen LogP contribution in [0.15, 0.2) is 29.7 Å². The molecule has 0 radical (unpaired) electrons. The summed E-state index contributed by atoms with van der Waals surface area (Å²) in [7, 11) is 0. The second-order valence-electron chi connectivity index (χ2n) is 1.92. The van der Waals surface area contributed by atoms with Crippen LogP contribution in [0.3, 0.4) is 0 Å². The van der Waals surface area contributed by atoms with Gasteiger partial charge in [-0.15, -0.1) is 0 Å². The summed E-state index contributed by atoms with van der Waals surface area (Å²) in [6.07, 6.45) is -2.38. The minimum atomic E-state index is -4.39. The van der Waals surface area contributed by atoms with Crippen molar-refractivity contribution >= 4 is 5.71 Å². The van der Waals surface area contributed by atoms with Gasteiger partial charge in [0.25, 0.3) is 0 Å². The molecule has 5 heteroatoms. The highest BCUT2D eigenvalue weighted by molar-refractivity contribution is 6.00. The van der Waals surface area contributed by atoms with E-state index in [2.05, 4.69) is 16.9 Å². The molecule has 1 rings (SSSR count). The number of allylic oxidation sites excluding steroid dienone is 1. The van der Waals surface area contributed by atoms with Gasteiger partial charge < -0.3 is 5.32 Å². The third kappa shape index (κ3) is 1.83. The monoisotopic (exact) mass is 162 g/mol. The smallest absolute Gasteiger partial charge is 0.347 e. The Balaban J connectivity index is 2.88. The van der Waals surface area contributed by atoms with Gasteiger partial charge in [-0.3, -0.25) is 0 Å². The summed E-state index contributed by atoms with van der Waals surface area (Å²) in [5, 5.41) is 2.42. The van der Waals surface area contributed by atoms with Crippen molar-refractivity contribution in [2.45, 2.75) is 6.18 Å². The van der Waals surface area contributed by atoms with Crippen LogP contribution in [-0.2, 0) is 0 Å². The van der Waals surface area contributed by atoms with E-state index in [9.17, 15) is 13.2 Å². The first-order chi connectivity index (χ1) is 5.00. The molecule has 0 amide bonds. The van der Waals surface area contributed by atoms with E-state index < -0.39 is 11.9 Å². The maximum Gasteiger partial charge on any atom is 0.433 e. The summed E-state index contributed by atoms with van der Waals surface area (Å²) in [5.74, 6) is -0.000162. The van der Waals surface area contributed by atoms with Crippen LogP contribution in [0.4, 0.5) is 13.2 Å². The third-order valence-electron chi connectivity index (χ3n) is 1.04. The normalized spacial score (nSPS) is 17.7. The number of rotatable bonds is 0. The van der Waals surface area contributed by atoms with Crippen molar-refractivity contribution < 1.29 is 13.2 Å². The Kier molecular flexibility index (Phi) is 1.72. The number of hydrogen-bond acceptors (Lipinski definition) is 2. The molecule has 0 aromatic carbocycles. The Morgan fingerprint density at radius 3 is 2.45 bits per heavy atom. The van der Waals surface area contributed by atoms with Crippen LogP contribution < -0.4 is 5.32 Å². The Bertz CT molecular complexity index is 237. The molecule has 1 N–H and O–H groups in total. The minimum absolute atomic E-state index is 0.000162. The molecular formula is C6H5F3N2. The Morgan fingerprint density at radius 1 is 1.45 bits per heavy atom. The first-order valence-corrected chi connectivity index (χ1v) is 2.78. The SMILES string of the molecule is C=C1N=C(C(F)(F)F)C=CN1. The molecule has 0 saturated carbocycles. The van der Waals surface area contributed by atoms with Crippen LogP contribution >= 0.6 is 0 Å². The van der Waals surface area contributed by atoms with Gasteiger partial charge in [0.1, 0.15) is 11.5 Å². The lowest BCUT2D eigenvalue weighted by atomic mass is 10.3. The quantitative estimate of drug-likeness (QED) is 0.574. The predicted octanol–water partition coefficient (Wildman–Crippen LogP) is 1.58. The van der Waals surface area contributed by atoms with Gasteiger partial charge in [-0.2, -0.15) is 13.2 Å². The number of aliphatic imine (C=N–C) groups is 1. The lowest BCUT2D eigenvalue weighted by Gasteiger charge is -2.11. The summed E-state index contributed by atoms with van der Waals surface area (Å²) < 4.78 is 35.6. The van der Waals surface area contributed by atoms with Gasteiger partial charge in [-0.05, 0) is 6.08 Å². The van der Waals surface area contributed by atoms with E-state index in [-0.39, 0.29) is 5.82 Å². The topological polar surface area (TPSA) is 24.4 Å². The van der Waals surface area contributed by atoms with E-state index in [1.807, 2.05) is 0 Å². The highest BCUT2D eigenvalue weighted by atomic mass is 19.4. The zero-order valence-corrected chi connectivity index (χ0v) is 5.44. The van der Waals surface area contributed by atoms with Crippen LogP contribution in [-0.4, -0.2) is 11.9 Å². The molecule has 0 bridgehead atoms. The van der Waals surface area contributed by atoms with Crippen LogP contribution in [0.2, 0.25) is 0 Å². The van der Waals surface area contributed by atoms with E-state index in [1.165, 1.54) is 0 Å². The molecule has 11 heavy (non-hydrogen) atoms. The summed E-state index contributed by atoms with van der Waals surface area (Å²) in [6, 6.07) is 0. The summed E-state index contributed by atoms with van der Waals surface area (Å²) in [6.45, 7) is 3.23. The lowest BCUT2D eigenvalue weighted by molar-refractivity contribution is -0.0578. The maximum atomic E-state index is 11.9. The van der Waals surface area contributed by atoms with Gasteiger partial charge in [0.2, 0.25) is 0 Å². The van der Waals surface area contributed by atoms with Crippen LogP contribution in [0.5, 0.6) is 0 Å². The van der Waals surface area contributed by atoms with Crippen LogP contribution in [0.1, 0.15) is 0 Å². The largest absolute Gasteiger partial charge is 0.433 e. The second kappa shape index (κ2) is 2.41. The van der Waals surface area contributed by atoms with Gasteiger partial charge in [0.05, 0.1) is 0 Å². The molecule has 0 unspecified atom stereocenters. The standard InChI is InChI=1S/C6H5F3N2/c1-4-10-3-2-5(11-4)6(7,8)9/h2-3,10H,1H2. The highest BCUT2D eigenvalue weighted by Crippen LogP contribution is 2.20. The summed E-state index contributed by atoms with van der Waals surface area (Å²) in [5.41, 5.74) is -0.929. The molecule has 0 atom stereocenters.